The number of benzene rings is 3. The summed E-state index contributed by atoms with van der Waals surface area (Å²) in [6.07, 6.45) is 0. The molecule has 0 aliphatic heterocycles. The Morgan fingerprint density at radius 2 is 0.909 bits per heavy atom. The second-order valence-electron chi connectivity index (χ2n) is 5.15. The fourth-order valence-electron chi connectivity index (χ4n) is 2.89. The molecule has 110 valence electrons. The number of nitrogens with one attached hydrogen (secondary N) is 1. The molecule has 0 atom stereocenters. The van der Waals surface area contributed by atoms with E-state index in [9.17, 15) is 0 Å². The monoisotopic (exact) mass is 289 g/mol. The third kappa shape index (κ3) is 2.54. The van der Waals surface area contributed by atoms with Crippen LogP contribution in [0, 0.1) is 0 Å². The molecule has 3 aromatic rings. The van der Waals surface area contributed by atoms with Gasteiger partial charge in [0.25, 0.3) is 0 Å². The maximum Gasteiger partial charge on any atom is 0.118 e. The van der Waals surface area contributed by atoms with Gasteiger partial charge in [-0.1, -0.05) is 91.0 Å². The van der Waals surface area contributed by atoms with Crippen LogP contribution in [0.3, 0.4) is 0 Å². The molecule has 0 aromatic heterocycles. The first-order valence-corrected chi connectivity index (χ1v) is 7.34. The van der Waals surface area contributed by atoms with Crippen molar-refractivity contribution in [2.24, 2.45) is 0 Å². The molecule has 0 aliphatic carbocycles. The number of rotatable bonds is 5. The van der Waals surface area contributed by atoms with Gasteiger partial charge in [-0.25, -0.2) is 0 Å². The predicted octanol–water partition coefficient (Wildman–Crippen LogP) is 4.13. The normalized spacial score (nSPS) is 11.3. The van der Waals surface area contributed by atoms with Crippen molar-refractivity contribution in [2.75, 3.05) is 7.11 Å². The SMILES string of the molecule is CONC(c1ccccc1)(c1ccccc1)c1ccccc1. The average Bonchev–Trinajstić information content (AvgIpc) is 2.62. The highest BCUT2D eigenvalue weighted by Gasteiger charge is 2.36. The van der Waals surface area contributed by atoms with Crippen LogP contribution in [0.2, 0.25) is 0 Å². The Morgan fingerprint density at radius 3 is 1.18 bits per heavy atom. The van der Waals surface area contributed by atoms with Gasteiger partial charge in [0, 0.05) is 0 Å². The first-order chi connectivity index (χ1) is 10.9. The van der Waals surface area contributed by atoms with E-state index in [-0.39, 0.29) is 0 Å². The van der Waals surface area contributed by atoms with Gasteiger partial charge in [-0.3, -0.25) is 0 Å². The summed E-state index contributed by atoms with van der Waals surface area (Å²) in [5.41, 5.74) is 6.10. The van der Waals surface area contributed by atoms with Crippen LogP contribution in [0.15, 0.2) is 91.0 Å². The minimum absolute atomic E-state index is 0.543. The van der Waals surface area contributed by atoms with E-state index in [1.54, 1.807) is 7.11 Å². The molecule has 0 saturated heterocycles. The van der Waals surface area contributed by atoms with Gasteiger partial charge >= 0.3 is 0 Å². The zero-order chi connectivity index (χ0) is 15.3. The van der Waals surface area contributed by atoms with E-state index in [4.69, 9.17) is 4.84 Å². The van der Waals surface area contributed by atoms with E-state index in [1.807, 2.05) is 54.6 Å². The van der Waals surface area contributed by atoms with Gasteiger partial charge in [-0.05, 0) is 16.7 Å². The fraction of sp³-hybridized carbons (Fsp3) is 0.100. The van der Waals surface area contributed by atoms with E-state index >= 15 is 0 Å². The van der Waals surface area contributed by atoms with Gasteiger partial charge in [0.15, 0.2) is 0 Å². The van der Waals surface area contributed by atoms with Crippen molar-refractivity contribution in [3.8, 4) is 0 Å². The third-order valence-corrected chi connectivity index (χ3v) is 3.88. The molecule has 22 heavy (non-hydrogen) atoms. The number of hydroxylamine groups is 1. The predicted molar refractivity (Wildman–Crippen MR) is 89.4 cm³/mol. The van der Waals surface area contributed by atoms with Crippen molar-refractivity contribution in [1.29, 1.82) is 0 Å². The van der Waals surface area contributed by atoms with Crippen LogP contribution in [0.1, 0.15) is 16.7 Å². The molecule has 3 aromatic carbocycles. The zero-order valence-electron chi connectivity index (χ0n) is 12.6. The third-order valence-electron chi connectivity index (χ3n) is 3.88. The van der Waals surface area contributed by atoms with Gasteiger partial charge in [0.1, 0.15) is 5.54 Å². The van der Waals surface area contributed by atoms with Crippen molar-refractivity contribution < 1.29 is 4.84 Å². The molecule has 0 unspecified atom stereocenters. The van der Waals surface area contributed by atoms with Crippen LogP contribution < -0.4 is 5.48 Å². The van der Waals surface area contributed by atoms with Gasteiger partial charge in [0.2, 0.25) is 0 Å². The molecule has 0 radical (unpaired) electrons. The first kappa shape index (κ1) is 14.5. The topological polar surface area (TPSA) is 21.3 Å². The van der Waals surface area contributed by atoms with Crippen LogP contribution in [0.4, 0.5) is 0 Å². The molecule has 2 heteroatoms. The maximum atomic E-state index is 5.42. The minimum Gasteiger partial charge on any atom is -0.304 e. The van der Waals surface area contributed by atoms with Crippen LogP contribution in [0.25, 0.3) is 0 Å². The lowest BCUT2D eigenvalue weighted by atomic mass is 9.78. The van der Waals surface area contributed by atoms with Crippen LogP contribution in [-0.2, 0) is 10.4 Å². The standard InChI is InChI=1S/C20H19NO/c1-22-21-20(17-11-5-2-6-12-17,18-13-7-3-8-14-18)19-15-9-4-10-16-19/h2-16,21H,1H3. The molecule has 0 fully saturated rings. The molecular weight excluding hydrogens is 270 g/mol. The van der Waals surface area contributed by atoms with E-state index < -0.39 is 5.54 Å². The van der Waals surface area contributed by atoms with Crippen molar-refractivity contribution in [1.82, 2.24) is 5.48 Å². The van der Waals surface area contributed by atoms with Crippen molar-refractivity contribution >= 4 is 0 Å². The average molecular weight is 289 g/mol. The lowest BCUT2D eigenvalue weighted by molar-refractivity contribution is 0.0428. The molecular formula is C20H19NO. The van der Waals surface area contributed by atoms with Crippen molar-refractivity contribution in [3.05, 3.63) is 108 Å². The van der Waals surface area contributed by atoms with E-state index in [1.165, 1.54) is 0 Å². The summed E-state index contributed by atoms with van der Waals surface area (Å²) < 4.78 is 0. The summed E-state index contributed by atoms with van der Waals surface area (Å²) in [6.45, 7) is 0. The minimum atomic E-state index is -0.543. The van der Waals surface area contributed by atoms with E-state index in [2.05, 4.69) is 41.9 Å². The van der Waals surface area contributed by atoms with Crippen molar-refractivity contribution in [3.63, 3.8) is 0 Å². The number of hydrogen-bond donors (Lipinski definition) is 1. The molecule has 0 saturated carbocycles. The highest BCUT2D eigenvalue weighted by Crippen LogP contribution is 2.36. The van der Waals surface area contributed by atoms with Crippen LogP contribution in [-0.4, -0.2) is 7.11 Å². The Kier molecular flexibility index (Phi) is 4.33. The summed E-state index contributed by atoms with van der Waals surface area (Å²) in [4.78, 5) is 5.42. The summed E-state index contributed by atoms with van der Waals surface area (Å²) in [6, 6.07) is 31.1. The second kappa shape index (κ2) is 6.56. The number of hydrogen-bond acceptors (Lipinski definition) is 2. The quantitative estimate of drug-likeness (QED) is 0.563. The van der Waals surface area contributed by atoms with Crippen molar-refractivity contribution in [2.45, 2.75) is 5.54 Å². The second-order valence-corrected chi connectivity index (χ2v) is 5.15. The summed E-state index contributed by atoms with van der Waals surface area (Å²) in [7, 11) is 1.66. The Hall–Kier alpha value is -2.42. The van der Waals surface area contributed by atoms with Gasteiger partial charge in [-0.15, -0.1) is 0 Å². The molecule has 0 spiro atoms. The molecule has 0 aliphatic rings. The lowest BCUT2D eigenvalue weighted by Crippen LogP contribution is -2.44. The summed E-state index contributed by atoms with van der Waals surface area (Å²) >= 11 is 0. The van der Waals surface area contributed by atoms with Gasteiger partial charge in [0.05, 0.1) is 7.11 Å². The van der Waals surface area contributed by atoms with E-state index in [0.29, 0.717) is 0 Å². The molecule has 0 bridgehead atoms. The summed E-state index contributed by atoms with van der Waals surface area (Å²) in [5, 5.41) is 0. The highest BCUT2D eigenvalue weighted by molar-refractivity contribution is 5.48. The molecule has 2 nitrogen and oxygen atoms in total. The fourth-order valence-corrected chi connectivity index (χ4v) is 2.89. The van der Waals surface area contributed by atoms with E-state index in [0.717, 1.165) is 16.7 Å². The Morgan fingerprint density at radius 1 is 0.591 bits per heavy atom. The van der Waals surface area contributed by atoms with Gasteiger partial charge < -0.3 is 4.84 Å². The highest BCUT2D eigenvalue weighted by atomic mass is 16.6. The molecule has 0 amide bonds. The van der Waals surface area contributed by atoms with Crippen LogP contribution in [0.5, 0.6) is 0 Å². The lowest BCUT2D eigenvalue weighted by Gasteiger charge is -2.35. The van der Waals surface area contributed by atoms with Crippen LogP contribution >= 0.6 is 0 Å². The Bertz CT molecular complexity index is 599. The molecule has 0 heterocycles. The molecule has 3 rings (SSSR count). The summed E-state index contributed by atoms with van der Waals surface area (Å²) in [5.74, 6) is 0. The maximum absolute atomic E-state index is 5.42. The van der Waals surface area contributed by atoms with Gasteiger partial charge in [-0.2, -0.15) is 5.48 Å². The largest absolute Gasteiger partial charge is 0.304 e. The first-order valence-electron chi connectivity index (χ1n) is 7.34. The Balaban J connectivity index is 2.29. The smallest absolute Gasteiger partial charge is 0.118 e. The zero-order valence-corrected chi connectivity index (χ0v) is 12.6. The molecule has 1 N–H and O–H groups in total. The Labute approximate surface area is 131 Å².